The van der Waals surface area contributed by atoms with E-state index in [0.717, 1.165) is 32.5 Å². The lowest BCUT2D eigenvalue weighted by Gasteiger charge is -2.46. The van der Waals surface area contributed by atoms with Crippen LogP contribution in [0.1, 0.15) is 38.4 Å². The third-order valence-electron chi connectivity index (χ3n) is 5.83. The van der Waals surface area contributed by atoms with Gasteiger partial charge in [0.25, 0.3) is 0 Å². The molecule has 0 radical (unpaired) electrons. The van der Waals surface area contributed by atoms with Gasteiger partial charge in [0.15, 0.2) is 0 Å². The average Bonchev–Trinajstić information content (AvgIpc) is 2.66. The van der Waals surface area contributed by atoms with Gasteiger partial charge in [0.1, 0.15) is 5.75 Å². The minimum absolute atomic E-state index is 0.0399. The molecule has 27 heavy (non-hydrogen) atoms. The van der Waals surface area contributed by atoms with Gasteiger partial charge in [-0.25, -0.2) is 4.79 Å². The van der Waals surface area contributed by atoms with Gasteiger partial charge in [-0.1, -0.05) is 19.1 Å². The Morgan fingerprint density at radius 1 is 1.26 bits per heavy atom. The summed E-state index contributed by atoms with van der Waals surface area (Å²) in [5.41, 5.74) is 0.610. The minimum atomic E-state index is -0.841. The molecule has 1 fully saturated rings. The van der Waals surface area contributed by atoms with E-state index in [1.807, 2.05) is 0 Å². The molecule has 152 valence electrons. The molecule has 0 aromatic heterocycles. The van der Waals surface area contributed by atoms with E-state index >= 15 is 0 Å². The number of hydrogen-bond donors (Lipinski definition) is 4. The van der Waals surface area contributed by atoms with E-state index in [-0.39, 0.29) is 17.3 Å². The summed E-state index contributed by atoms with van der Waals surface area (Å²) in [7, 11) is 4.14. The smallest absolute Gasteiger partial charge is 0.315 e. The van der Waals surface area contributed by atoms with Gasteiger partial charge >= 0.3 is 6.03 Å². The molecular weight excluding hydrogens is 344 g/mol. The van der Waals surface area contributed by atoms with Crippen molar-refractivity contribution in [1.82, 2.24) is 20.4 Å². The van der Waals surface area contributed by atoms with E-state index in [1.165, 1.54) is 12.1 Å². The number of aromatic hydroxyl groups is 1. The van der Waals surface area contributed by atoms with Crippen LogP contribution < -0.4 is 10.6 Å². The molecule has 1 aromatic rings. The second kappa shape index (κ2) is 9.39. The number of hydrogen-bond acceptors (Lipinski definition) is 5. The molecule has 7 heteroatoms. The van der Waals surface area contributed by atoms with Crippen LogP contribution in [0, 0.1) is 0 Å². The number of piperidine rings is 1. The highest BCUT2D eigenvalue weighted by Gasteiger charge is 2.36. The summed E-state index contributed by atoms with van der Waals surface area (Å²) in [6, 6.07) is 5.62. The third kappa shape index (κ3) is 5.57. The second-order valence-corrected chi connectivity index (χ2v) is 7.71. The number of nitrogens with zero attached hydrogens (tertiary/aromatic N) is 2. The van der Waals surface area contributed by atoms with Gasteiger partial charge in [0.05, 0.1) is 12.1 Å². The van der Waals surface area contributed by atoms with Crippen molar-refractivity contribution in [2.75, 3.05) is 40.3 Å². The van der Waals surface area contributed by atoms with Gasteiger partial charge in [-0.2, -0.15) is 0 Å². The van der Waals surface area contributed by atoms with Crippen molar-refractivity contribution < 1.29 is 15.0 Å². The van der Waals surface area contributed by atoms with Gasteiger partial charge in [-0.3, -0.25) is 0 Å². The van der Waals surface area contributed by atoms with Gasteiger partial charge in [0, 0.05) is 12.1 Å². The van der Waals surface area contributed by atoms with Gasteiger partial charge in [0.2, 0.25) is 0 Å². The zero-order valence-corrected chi connectivity index (χ0v) is 16.9. The van der Waals surface area contributed by atoms with Crippen LogP contribution in [-0.2, 0) is 0 Å². The molecule has 0 spiro atoms. The molecule has 0 unspecified atom stereocenters. The van der Waals surface area contributed by atoms with E-state index < -0.39 is 12.1 Å². The van der Waals surface area contributed by atoms with Crippen LogP contribution >= 0.6 is 0 Å². The lowest BCUT2D eigenvalue weighted by atomic mass is 9.86. The van der Waals surface area contributed by atoms with Crippen molar-refractivity contribution in [3.8, 4) is 5.75 Å². The van der Waals surface area contributed by atoms with E-state index in [0.29, 0.717) is 12.1 Å². The summed E-state index contributed by atoms with van der Waals surface area (Å²) in [6.45, 7) is 7.64. The fraction of sp³-hybridized carbons (Fsp3) is 0.650. The van der Waals surface area contributed by atoms with Gasteiger partial charge in [-0.05, 0) is 71.2 Å². The highest BCUT2D eigenvalue weighted by atomic mass is 16.3. The van der Waals surface area contributed by atoms with E-state index in [1.54, 1.807) is 19.1 Å². The van der Waals surface area contributed by atoms with Crippen molar-refractivity contribution in [2.45, 2.75) is 44.4 Å². The SMILES string of the molecule is CCN1CCC(CNC(=O)N[C@H](C)[C@@H](O)c2ccc(O)cc2)(N(C)C)CC1. The molecule has 0 bridgehead atoms. The summed E-state index contributed by atoms with van der Waals surface area (Å²) >= 11 is 0. The summed E-state index contributed by atoms with van der Waals surface area (Å²) in [4.78, 5) is 17.0. The fourth-order valence-electron chi connectivity index (χ4n) is 3.61. The lowest BCUT2D eigenvalue weighted by molar-refractivity contribution is 0.0595. The summed E-state index contributed by atoms with van der Waals surface area (Å²) < 4.78 is 0. The first-order valence-electron chi connectivity index (χ1n) is 9.68. The fourth-order valence-corrected chi connectivity index (χ4v) is 3.61. The van der Waals surface area contributed by atoms with Gasteiger partial charge < -0.3 is 30.6 Å². The minimum Gasteiger partial charge on any atom is -0.508 e. The zero-order valence-electron chi connectivity index (χ0n) is 16.9. The zero-order chi connectivity index (χ0) is 20.0. The number of amides is 2. The number of aliphatic hydroxyl groups is 1. The Balaban J connectivity index is 1.87. The first kappa shape index (κ1) is 21.5. The molecule has 1 saturated heterocycles. The van der Waals surface area contributed by atoms with Crippen molar-refractivity contribution in [1.29, 1.82) is 0 Å². The van der Waals surface area contributed by atoms with Crippen molar-refractivity contribution in [2.24, 2.45) is 0 Å². The van der Waals surface area contributed by atoms with Crippen LogP contribution in [0.25, 0.3) is 0 Å². The third-order valence-corrected chi connectivity index (χ3v) is 5.83. The van der Waals surface area contributed by atoms with Crippen LogP contribution in [0.5, 0.6) is 5.75 Å². The molecule has 2 atom stereocenters. The predicted molar refractivity (Wildman–Crippen MR) is 107 cm³/mol. The molecular formula is C20H34N4O3. The normalized spacial score (nSPS) is 19.5. The number of carbonyl (C=O) groups is 1. The molecule has 2 rings (SSSR count). The summed E-state index contributed by atoms with van der Waals surface area (Å²) in [6.07, 6.45) is 1.19. The Morgan fingerprint density at radius 3 is 2.37 bits per heavy atom. The maximum Gasteiger partial charge on any atom is 0.315 e. The lowest BCUT2D eigenvalue weighted by Crippen LogP contribution is -2.59. The first-order valence-corrected chi connectivity index (χ1v) is 9.68. The molecule has 0 aliphatic carbocycles. The maximum absolute atomic E-state index is 12.4. The number of phenolic OH excluding ortho intramolecular Hbond substituents is 1. The number of benzene rings is 1. The highest BCUT2D eigenvalue weighted by Crippen LogP contribution is 2.26. The molecule has 7 nitrogen and oxygen atoms in total. The van der Waals surface area contributed by atoms with Crippen LogP contribution in [0.2, 0.25) is 0 Å². The van der Waals surface area contributed by atoms with Crippen molar-refractivity contribution >= 4 is 6.03 Å². The summed E-state index contributed by atoms with van der Waals surface area (Å²) in [5.74, 6) is 0.146. The van der Waals surface area contributed by atoms with Crippen LogP contribution in [0.4, 0.5) is 4.79 Å². The Bertz CT molecular complexity index is 598. The first-order chi connectivity index (χ1) is 12.8. The van der Waals surface area contributed by atoms with E-state index in [9.17, 15) is 15.0 Å². The number of rotatable bonds is 7. The number of phenols is 1. The quantitative estimate of drug-likeness (QED) is 0.578. The number of likely N-dealkylation sites (N-methyl/N-ethyl adjacent to an activating group) is 1. The monoisotopic (exact) mass is 378 g/mol. The Morgan fingerprint density at radius 2 is 1.85 bits per heavy atom. The molecule has 2 amide bonds. The Hall–Kier alpha value is -1.83. The molecule has 4 N–H and O–H groups in total. The summed E-state index contributed by atoms with van der Waals surface area (Å²) in [5, 5.41) is 25.6. The second-order valence-electron chi connectivity index (χ2n) is 7.71. The number of urea groups is 1. The standard InChI is InChI=1S/C20H34N4O3/c1-5-24-12-10-20(11-13-24,23(3)4)14-21-19(27)22-15(2)18(26)16-6-8-17(25)9-7-16/h6-9,15,18,25-26H,5,10-14H2,1-4H3,(H2,21,22,27)/t15-,18-/m1/s1. The Labute approximate surface area is 162 Å². The predicted octanol–water partition coefficient (Wildman–Crippen LogP) is 1.53. The number of nitrogens with one attached hydrogen (secondary N) is 2. The molecule has 1 aliphatic rings. The van der Waals surface area contributed by atoms with Gasteiger partial charge in [-0.15, -0.1) is 0 Å². The molecule has 1 aliphatic heterocycles. The van der Waals surface area contributed by atoms with Crippen molar-refractivity contribution in [3.63, 3.8) is 0 Å². The topological polar surface area (TPSA) is 88.1 Å². The van der Waals surface area contributed by atoms with Crippen LogP contribution in [0.3, 0.4) is 0 Å². The number of likely N-dealkylation sites (tertiary alicyclic amines) is 1. The van der Waals surface area contributed by atoms with Crippen LogP contribution in [-0.4, -0.2) is 77.9 Å². The number of carbonyl (C=O) groups excluding carboxylic acids is 1. The van der Waals surface area contributed by atoms with E-state index in [4.69, 9.17) is 0 Å². The largest absolute Gasteiger partial charge is 0.508 e. The molecule has 1 heterocycles. The average molecular weight is 379 g/mol. The van der Waals surface area contributed by atoms with Crippen LogP contribution in [0.15, 0.2) is 24.3 Å². The molecule has 1 aromatic carbocycles. The maximum atomic E-state index is 12.4. The van der Waals surface area contributed by atoms with E-state index in [2.05, 4.69) is 41.5 Å². The highest BCUT2D eigenvalue weighted by molar-refractivity contribution is 5.74. The Kier molecular flexibility index (Phi) is 7.47. The van der Waals surface area contributed by atoms with Crippen molar-refractivity contribution in [3.05, 3.63) is 29.8 Å². The number of aliphatic hydroxyl groups excluding tert-OH is 1. The molecule has 0 saturated carbocycles.